The second-order valence-corrected chi connectivity index (χ2v) is 7.66. The molecule has 0 aliphatic heterocycles. The van der Waals surface area contributed by atoms with Crippen LogP contribution in [0.3, 0.4) is 0 Å². The third-order valence-electron chi connectivity index (χ3n) is 4.75. The molecule has 1 aliphatic rings. The van der Waals surface area contributed by atoms with Gasteiger partial charge in [-0.3, -0.25) is 0 Å². The smallest absolute Gasteiger partial charge is 0.224 e. The lowest BCUT2D eigenvalue weighted by Crippen LogP contribution is -2.16. The standard InChI is InChI=1S/C19H23N5OS/c1-20-17-10-18(23-12-22-17)25-14-7-8-15-16(9-14)26-19(24-15)21-11-13-5-3-2-4-6-13/h7-10,12-13H,2-6,11H2,1H3,(H,21,24)(H,20,22,23). The highest BCUT2D eigenvalue weighted by molar-refractivity contribution is 7.22. The van der Waals surface area contributed by atoms with Crippen LogP contribution >= 0.6 is 11.3 Å². The van der Waals surface area contributed by atoms with Crippen LogP contribution in [0, 0.1) is 5.92 Å². The molecule has 1 aliphatic carbocycles. The first-order valence-electron chi connectivity index (χ1n) is 9.12. The van der Waals surface area contributed by atoms with Crippen molar-refractivity contribution in [2.45, 2.75) is 32.1 Å². The first-order valence-corrected chi connectivity index (χ1v) is 9.94. The van der Waals surface area contributed by atoms with Gasteiger partial charge in [-0.2, -0.15) is 0 Å². The van der Waals surface area contributed by atoms with Crippen molar-refractivity contribution < 1.29 is 4.74 Å². The van der Waals surface area contributed by atoms with Gasteiger partial charge in [-0.05, 0) is 30.9 Å². The van der Waals surface area contributed by atoms with Gasteiger partial charge in [0.05, 0.1) is 10.2 Å². The zero-order chi connectivity index (χ0) is 17.8. The predicted octanol–water partition coefficient (Wildman–Crippen LogP) is 4.91. The first-order chi connectivity index (χ1) is 12.8. The minimum Gasteiger partial charge on any atom is -0.439 e. The summed E-state index contributed by atoms with van der Waals surface area (Å²) in [4.78, 5) is 12.9. The molecule has 2 aromatic heterocycles. The van der Waals surface area contributed by atoms with E-state index < -0.39 is 0 Å². The average molecular weight is 369 g/mol. The number of rotatable bonds is 6. The molecule has 0 atom stereocenters. The van der Waals surface area contributed by atoms with E-state index in [4.69, 9.17) is 4.74 Å². The van der Waals surface area contributed by atoms with Crippen molar-refractivity contribution in [3.63, 3.8) is 0 Å². The van der Waals surface area contributed by atoms with Crippen LogP contribution in [0.5, 0.6) is 11.6 Å². The maximum atomic E-state index is 5.86. The Morgan fingerprint density at radius 2 is 2.04 bits per heavy atom. The molecule has 26 heavy (non-hydrogen) atoms. The zero-order valence-electron chi connectivity index (χ0n) is 14.9. The average Bonchev–Trinajstić information content (AvgIpc) is 3.09. The Morgan fingerprint density at radius 3 is 2.88 bits per heavy atom. The van der Waals surface area contributed by atoms with E-state index in [0.717, 1.165) is 39.4 Å². The lowest BCUT2D eigenvalue weighted by atomic mass is 9.89. The SMILES string of the molecule is CNc1cc(Oc2ccc3nc(NCC4CCCCC4)sc3c2)ncn1. The molecule has 1 saturated carbocycles. The lowest BCUT2D eigenvalue weighted by Gasteiger charge is -2.21. The van der Waals surface area contributed by atoms with Crippen LogP contribution < -0.4 is 15.4 Å². The minimum atomic E-state index is 0.517. The molecule has 0 unspecified atom stereocenters. The van der Waals surface area contributed by atoms with E-state index in [1.165, 1.54) is 38.4 Å². The molecule has 1 fully saturated rings. The summed E-state index contributed by atoms with van der Waals surface area (Å²) in [6.07, 6.45) is 8.28. The molecule has 0 amide bonds. The van der Waals surface area contributed by atoms with Gasteiger partial charge in [-0.1, -0.05) is 30.6 Å². The highest BCUT2D eigenvalue weighted by Crippen LogP contribution is 2.32. The summed E-state index contributed by atoms with van der Waals surface area (Å²) in [5.74, 6) is 2.78. The van der Waals surface area contributed by atoms with Gasteiger partial charge < -0.3 is 15.4 Å². The Bertz CT molecular complexity index is 875. The van der Waals surface area contributed by atoms with Crippen molar-refractivity contribution in [1.82, 2.24) is 15.0 Å². The van der Waals surface area contributed by atoms with Crippen LogP contribution in [0.2, 0.25) is 0 Å². The third kappa shape index (κ3) is 4.04. The first kappa shape index (κ1) is 17.0. The van der Waals surface area contributed by atoms with E-state index >= 15 is 0 Å². The largest absolute Gasteiger partial charge is 0.439 e. The lowest BCUT2D eigenvalue weighted by molar-refractivity contribution is 0.373. The number of ether oxygens (including phenoxy) is 1. The number of anilines is 2. The highest BCUT2D eigenvalue weighted by atomic mass is 32.1. The summed E-state index contributed by atoms with van der Waals surface area (Å²) in [6, 6.07) is 7.70. The summed E-state index contributed by atoms with van der Waals surface area (Å²) in [5, 5.41) is 7.49. The fourth-order valence-electron chi connectivity index (χ4n) is 3.32. The second-order valence-electron chi connectivity index (χ2n) is 6.63. The van der Waals surface area contributed by atoms with Gasteiger partial charge in [0.15, 0.2) is 5.13 Å². The number of thiazole rings is 1. The summed E-state index contributed by atoms with van der Waals surface area (Å²) >= 11 is 1.67. The Balaban J connectivity index is 1.44. The van der Waals surface area contributed by atoms with Crippen molar-refractivity contribution in [1.29, 1.82) is 0 Å². The van der Waals surface area contributed by atoms with Crippen LogP contribution in [-0.4, -0.2) is 28.5 Å². The second kappa shape index (κ2) is 7.86. The summed E-state index contributed by atoms with van der Waals surface area (Å²) in [5.41, 5.74) is 0.993. The number of fused-ring (bicyclic) bond motifs is 1. The molecule has 4 rings (SSSR count). The fourth-order valence-corrected chi connectivity index (χ4v) is 4.22. The molecule has 3 aromatic rings. The number of hydrogen-bond acceptors (Lipinski definition) is 7. The summed E-state index contributed by atoms with van der Waals surface area (Å²) in [6.45, 7) is 1.02. The number of benzene rings is 1. The van der Waals surface area contributed by atoms with E-state index in [1.807, 2.05) is 25.2 Å². The van der Waals surface area contributed by atoms with Crippen LogP contribution in [0.15, 0.2) is 30.6 Å². The van der Waals surface area contributed by atoms with Crippen molar-refractivity contribution in [3.05, 3.63) is 30.6 Å². The molecule has 1 aromatic carbocycles. The van der Waals surface area contributed by atoms with Gasteiger partial charge >= 0.3 is 0 Å². The molecule has 0 saturated heterocycles. The van der Waals surface area contributed by atoms with E-state index in [0.29, 0.717) is 5.88 Å². The normalized spacial score (nSPS) is 15.1. The highest BCUT2D eigenvalue weighted by Gasteiger charge is 2.14. The topological polar surface area (TPSA) is 72.0 Å². The van der Waals surface area contributed by atoms with Crippen LogP contribution in [0.4, 0.5) is 10.9 Å². The van der Waals surface area contributed by atoms with Crippen molar-refractivity contribution >= 4 is 32.5 Å². The van der Waals surface area contributed by atoms with E-state index in [2.05, 4.69) is 25.6 Å². The molecule has 7 heteroatoms. The van der Waals surface area contributed by atoms with Gasteiger partial charge in [0, 0.05) is 25.7 Å². The van der Waals surface area contributed by atoms with Crippen molar-refractivity contribution in [3.8, 4) is 11.6 Å². The summed E-state index contributed by atoms with van der Waals surface area (Å²) in [7, 11) is 1.82. The number of aromatic nitrogens is 3. The number of hydrogen-bond donors (Lipinski definition) is 2. The monoisotopic (exact) mass is 369 g/mol. The molecule has 0 radical (unpaired) electrons. The molecule has 0 bridgehead atoms. The van der Waals surface area contributed by atoms with E-state index in [9.17, 15) is 0 Å². The van der Waals surface area contributed by atoms with Gasteiger partial charge in [0.2, 0.25) is 5.88 Å². The Labute approximate surface area is 157 Å². The van der Waals surface area contributed by atoms with Gasteiger partial charge in [0.25, 0.3) is 0 Å². The molecular weight excluding hydrogens is 346 g/mol. The number of nitrogens with one attached hydrogen (secondary N) is 2. The Kier molecular flexibility index (Phi) is 5.15. The van der Waals surface area contributed by atoms with Crippen LogP contribution in [0.1, 0.15) is 32.1 Å². The minimum absolute atomic E-state index is 0.517. The Hall–Kier alpha value is -2.41. The molecule has 6 nitrogen and oxygen atoms in total. The van der Waals surface area contributed by atoms with Gasteiger partial charge in [0.1, 0.15) is 17.9 Å². The van der Waals surface area contributed by atoms with Gasteiger partial charge in [-0.15, -0.1) is 0 Å². The molecule has 2 N–H and O–H groups in total. The third-order valence-corrected chi connectivity index (χ3v) is 5.72. The zero-order valence-corrected chi connectivity index (χ0v) is 15.7. The van der Waals surface area contributed by atoms with E-state index in [1.54, 1.807) is 17.4 Å². The summed E-state index contributed by atoms with van der Waals surface area (Å²) < 4.78 is 6.97. The maximum Gasteiger partial charge on any atom is 0.224 e. The number of nitrogens with zero attached hydrogens (tertiary/aromatic N) is 3. The van der Waals surface area contributed by atoms with Crippen molar-refractivity contribution in [2.75, 3.05) is 24.2 Å². The predicted molar refractivity (Wildman–Crippen MR) is 106 cm³/mol. The quantitative estimate of drug-likeness (QED) is 0.643. The maximum absolute atomic E-state index is 5.86. The van der Waals surface area contributed by atoms with Crippen LogP contribution in [0.25, 0.3) is 10.2 Å². The van der Waals surface area contributed by atoms with Crippen LogP contribution in [-0.2, 0) is 0 Å². The Morgan fingerprint density at radius 1 is 1.15 bits per heavy atom. The van der Waals surface area contributed by atoms with Gasteiger partial charge in [-0.25, -0.2) is 15.0 Å². The molecule has 2 heterocycles. The van der Waals surface area contributed by atoms with Crippen molar-refractivity contribution in [2.24, 2.45) is 5.92 Å². The molecule has 0 spiro atoms. The molecular formula is C19H23N5OS. The van der Waals surface area contributed by atoms with E-state index in [-0.39, 0.29) is 0 Å². The fraction of sp³-hybridized carbons (Fsp3) is 0.421. The molecule has 136 valence electrons.